The molecule has 6 heteroatoms. The van der Waals surface area contributed by atoms with Gasteiger partial charge in [-0.1, -0.05) is 61.5 Å². The Balaban J connectivity index is 1.56. The molecule has 0 aliphatic heterocycles. The smallest absolute Gasteiger partial charge is 0.245 e. The van der Waals surface area contributed by atoms with Crippen LogP contribution in [-0.2, 0) is 4.79 Å². The molecule has 3 aromatic carbocycles. The molecule has 4 aromatic rings. The van der Waals surface area contributed by atoms with Crippen molar-refractivity contribution in [1.29, 1.82) is 0 Å². The summed E-state index contributed by atoms with van der Waals surface area (Å²) in [7, 11) is 3.48. The highest BCUT2D eigenvalue weighted by Gasteiger charge is 2.20. The van der Waals surface area contributed by atoms with Crippen molar-refractivity contribution in [2.45, 2.75) is 32.8 Å². The van der Waals surface area contributed by atoms with E-state index in [1.54, 1.807) is 25.1 Å². The number of carbonyl (C=O) groups excluding carboxylic acids is 1. The monoisotopic (exact) mass is 522 g/mol. The molecule has 39 heavy (non-hydrogen) atoms. The summed E-state index contributed by atoms with van der Waals surface area (Å²) in [6, 6.07) is 25.4. The van der Waals surface area contributed by atoms with Crippen molar-refractivity contribution >= 4 is 28.0 Å². The van der Waals surface area contributed by atoms with Gasteiger partial charge >= 0.3 is 0 Å². The first-order valence-electron chi connectivity index (χ1n) is 13.4. The zero-order valence-electron chi connectivity index (χ0n) is 23.5. The third-order valence-electron chi connectivity index (χ3n) is 6.56. The van der Waals surface area contributed by atoms with Crippen molar-refractivity contribution in [1.82, 2.24) is 20.4 Å². The molecule has 202 valence electrons. The normalized spacial score (nSPS) is 12.5. The fourth-order valence-electron chi connectivity index (χ4n) is 4.59. The van der Waals surface area contributed by atoms with Crippen LogP contribution in [0.5, 0.6) is 5.75 Å². The van der Waals surface area contributed by atoms with Crippen LogP contribution in [0, 0.1) is 0 Å². The van der Waals surface area contributed by atoms with E-state index in [2.05, 4.69) is 96.9 Å². The van der Waals surface area contributed by atoms with Crippen LogP contribution in [0.2, 0.25) is 0 Å². The Hall–Kier alpha value is -4.16. The van der Waals surface area contributed by atoms with Gasteiger partial charge in [-0.2, -0.15) is 5.10 Å². The van der Waals surface area contributed by atoms with Crippen LogP contribution in [0.1, 0.15) is 43.9 Å². The molecule has 0 unspecified atom stereocenters. The number of fused-ring (bicyclic) bond motifs is 1. The molecule has 0 saturated heterocycles. The van der Waals surface area contributed by atoms with E-state index in [1.807, 2.05) is 24.4 Å². The molecule has 1 heterocycles. The van der Waals surface area contributed by atoms with E-state index in [9.17, 15) is 4.79 Å². The molecule has 6 nitrogen and oxygen atoms in total. The Morgan fingerprint density at radius 3 is 2.41 bits per heavy atom. The minimum absolute atomic E-state index is 0.0241. The summed E-state index contributed by atoms with van der Waals surface area (Å²) in [4.78, 5) is 13.2. The second-order valence-electron chi connectivity index (χ2n) is 10.4. The molecule has 0 bridgehead atoms. The quantitative estimate of drug-likeness (QED) is 0.137. The molecule has 0 spiro atoms. The third kappa shape index (κ3) is 7.24. The number of H-pyrrole nitrogens is 1. The van der Waals surface area contributed by atoms with Crippen LogP contribution in [0.3, 0.4) is 0 Å². The van der Waals surface area contributed by atoms with Crippen molar-refractivity contribution < 1.29 is 9.53 Å². The first-order valence-corrected chi connectivity index (χ1v) is 13.4. The van der Waals surface area contributed by atoms with Gasteiger partial charge in [-0.05, 0) is 72.4 Å². The summed E-state index contributed by atoms with van der Waals surface area (Å²) < 4.78 is 6.34. The summed E-state index contributed by atoms with van der Waals surface area (Å²) >= 11 is 0. The highest BCUT2D eigenvalue weighted by Crippen LogP contribution is 2.36. The predicted molar refractivity (Wildman–Crippen MR) is 161 cm³/mol. The van der Waals surface area contributed by atoms with Crippen LogP contribution in [0.4, 0.5) is 0 Å². The number of benzene rings is 3. The molecular weight excluding hydrogens is 484 g/mol. The Morgan fingerprint density at radius 2 is 1.72 bits per heavy atom. The van der Waals surface area contributed by atoms with Gasteiger partial charge in [0.1, 0.15) is 11.4 Å². The van der Waals surface area contributed by atoms with Gasteiger partial charge in [0.2, 0.25) is 5.91 Å². The lowest BCUT2D eigenvalue weighted by atomic mass is 9.88. The molecular formula is C33H38N4O2. The number of aromatic nitrogens is 2. The standard InChI is InChI=1S/C33H38N4O2/c1-6-29(24-11-8-7-9-12-24)32(26-16-19-30-27(21-26)22-35-36-30)25-14-17-28(18-15-25)39-33(2,3)23-34-20-10-13-31(38)37(4)5/h7-19,21-22,34H,6,20,23H2,1-5H3,(H,35,36)/b13-10+,32-29+. The van der Waals surface area contributed by atoms with Crippen molar-refractivity contribution in [3.05, 3.63) is 108 Å². The number of nitrogens with one attached hydrogen (secondary N) is 2. The lowest BCUT2D eigenvalue weighted by Crippen LogP contribution is -2.40. The Bertz CT molecular complexity index is 1450. The van der Waals surface area contributed by atoms with Crippen LogP contribution < -0.4 is 10.1 Å². The van der Waals surface area contributed by atoms with E-state index in [4.69, 9.17) is 4.74 Å². The predicted octanol–water partition coefficient (Wildman–Crippen LogP) is 6.32. The minimum Gasteiger partial charge on any atom is -0.487 e. The van der Waals surface area contributed by atoms with Gasteiger partial charge < -0.3 is 15.0 Å². The zero-order chi connectivity index (χ0) is 27.8. The highest BCUT2D eigenvalue weighted by atomic mass is 16.5. The fraction of sp³-hybridized carbons (Fsp3) is 0.273. The maximum atomic E-state index is 11.7. The number of aromatic amines is 1. The fourth-order valence-corrected chi connectivity index (χ4v) is 4.59. The Labute approximate surface area is 231 Å². The number of rotatable bonds is 11. The third-order valence-corrected chi connectivity index (χ3v) is 6.56. The molecule has 0 aliphatic carbocycles. The average molecular weight is 523 g/mol. The number of ether oxygens (including phenoxy) is 1. The van der Waals surface area contributed by atoms with Crippen molar-refractivity contribution in [3.8, 4) is 5.75 Å². The van der Waals surface area contributed by atoms with E-state index in [0.29, 0.717) is 13.1 Å². The maximum Gasteiger partial charge on any atom is 0.245 e. The van der Waals surface area contributed by atoms with Crippen molar-refractivity contribution in [2.24, 2.45) is 0 Å². The van der Waals surface area contributed by atoms with E-state index < -0.39 is 5.60 Å². The number of hydrogen-bond donors (Lipinski definition) is 2. The number of nitrogens with zero attached hydrogens (tertiary/aromatic N) is 2. The van der Waals surface area contributed by atoms with Crippen LogP contribution >= 0.6 is 0 Å². The lowest BCUT2D eigenvalue weighted by Gasteiger charge is -2.27. The van der Waals surface area contributed by atoms with Gasteiger partial charge in [0, 0.05) is 38.6 Å². The van der Waals surface area contributed by atoms with E-state index in [-0.39, 0.29) is 5.91 Å². The van der Waals surface area contributed by atoms with Crippen LogP contribution in [0.15, 0.2) is 91.1 Å². The number of hydrogen-bond acceptors (Lipinski definition) is 4. The van der Waals surface area contributed by atoms with E-state index in [0.717, 1.165) is 34.2 Å². The molecule has 0 aliphatic rings. The molecule has 4 rings (SSSR count). The SMILES string of the molecule is CC/C(=C(/c1ccc(OC(C)(C)CNC/C=C/C(=O)N(C)C)cc1)c1ccc2[nH]ncc2c1)c1ccccc1. The number of allylic oxidation sites excluding steroid dienone is 1. The Morgan fingerprint density at radius 1 is 1.00 bits per heavy atom. The average Bonchev–Trinajstić information content (AvgIpc) is 3.40. The number of amides is 1. The number of carbonyl (C=O) groups is 1. The van der Waals surface area contributed by atoms with Gasteiger partial charge in [-0.15, -0.1) is 0 Å². The molecule has 1 aromatic heterocycles. The van der Waals surface area contributed by atoms with Crippen LogP contribution in [-0.4, -0.2) is 53.8 Å². The summed E-state index contributed by atoms with van der Waals surface area (Å²) in [6.07, 6.45) is 6.18. The molecule has 0 saturated carbocycles. The lowest BCUT2D eigenvalue weighted by molar-refractivity contribution is -0.123. The van der Waals surface area contributed by atoms with Gasteiger partial charge in [0.15, 0.2) is 0 Å². The summed E-state index contributed by atoms with van der Waals surface area (Å²) in [5.74, 6) is 0.787. The minimum atomic E-state index is -0.426. The maximum absolute atomic E-state index is 11.7. The largest absolute Gasteiger partial charge is 0.487 e. The molecule has 2 N–H and O–H groups in total. The van der Waals surface area contributed by atoms with E-state index >= 15 is 0 Å². The van der Waals surface area contributed by atoms with Crippen LogP contribution in [0.25, 0.3) is 22.0 Å². The Kier molecular flexibility index (Phi) is 8.99. The van der Waals surface area contributed by atoms with Gasteiger partial charge in [0.05, 0.1) is 11.7 Å². The van der Waals surface area contributed by atoms with E-state index in [1.165, 1.54) is 16.7 Å². The second kappa shape index (κ2) is 12.6. The van der Waals surface area contributed by atoms with Gasteiger partial charge in [-0.25, -0.2) is 0 Å². The number of likely N-dealkylation sites (N-methyl/N-ethyl adjacent to an activating group) is 1. The molecule has 0 atom stereocenters. The van der Waals surface area contributed by atoms with Gasteiger partial charge in [0.25, 0.3) is 0 Å². The van der Waals surface area contributed by atoms with Crippen molar-refractivity contribution in [2.75, 3.05) is 27.2 Å². The second-order valence-corrected chi connectivity index (χ2v) is 10.4. The topological polar surface area (TPSA) is 70.2 Å². The molecule has 0 radical (unpaired) electrons. The zero-order valence-corrected chi connectivity index (χ0v) is 23.5. The summed E-state index contributed by atoms with van der Waals surface area (Å²) in [5, 5.41) is 11.7. The molecule has 1 amide bonds. The first kappa shape index (κ1) is 27.9. The summed E-state index contributed by atoms with van der Waals surface area (Å²) in [5.41, 5.74) is 6.60. The van der Waals surface area contributed by atoms with Gasteiger partial charge in [-0.3, -0.25) is 9.89 Å². The first-order chi connectivity index (χ1) is 18.8. The highest BCUT2D eigenvalue weighted by molar-refractivity contribution is 6.00. The van der Waals surface area contributed by atoms with Crippen molar-refractivity contribution in [3.63, 3.8) is 0 Å². The summed E-state index contributed by atoms with van der Waals surface area (Å²) in [6.45, 7) is 7.55. The molecule has 0 fully saturated rings.